The highest BCUT2D eigenvalue weighted by Crippen LogP contribution is 2.44. The van der Waals surface area contributed by atoms with E-state index in [2.05, 4.69) is 0 Å². The lowest BCUT2D eigenvalue weighted by atomic mass is 9.97. The number of hydrogen-bond donors (Lipinski definition) is 18. The van der Waals surface area contributed by atoms with Crippen LogP contribution in [0.1, 0.15) is 16.7 Å². The third-order valence-corrected chi connectivity index (χ3v) is 16.1. The van der Waals surface area contributed by atoms with Crippen LogP contribution in [-0.4, -0.2) is 259 Å². The molecule has 20 atom stereocenters. The Labute approximate surface area is 558 Å². The first-order valence-electron chi connectivity index (χ1n) is 30.2. The summed E-state index contributed by atoms with van der Waals surface area (Å²) in [5.41, 5.74) is 0.784. The van der Waals surface area contributed by atoms with Crippen molar-refractivity contribution >= 4 is 47.1 Å². The van der Waals surface area contributed by atoms with E-state index < -0.39 is 207 Å². The number of carbonyl (C=O) groups is 3. The summed E-state index contributed by atoms with van der Waals surface area (Å²) in [4.78, 5) is 38.7. The topological polar surface area (TPSA) is 528 Å². The zero-order chi connectivity index (χ0) is 71.1. The lowest BCUT2D eigenvalue weighted by Crippen LogP contribution is -2.65. The van der Waals surface area contributed by atoms with Crippen molar-refractivity contribution in [3.8, 4) is 63.1 Å². The fraction of sp³-hybridized carbons (Fsp3) is 0.364. The van der Waals surface area contributed by atoms with Gasteiger partial charge in [0.2, 0.25) is 24.6 Å². The zero-order valence-corrected chi connectivity index (χ0v) is 51.3. The average Bonchev–Trinajstić information content (AvgIpc) is 0.762. The predicted octanol–water partition coefficient (Wildman–Crippen LogP) is -1.23. The molecule has 0 unspecified atom stereocenters. The van der Waals surface area contributed by atoms with Crippen molar-refractivity contribution in [3.05, 3.63) is 138 Å². The Hall–Kier alpha value is -9.34. The van der Waals surface area contributed by atoms with Crippen LogP contribution in [0.2, 0.25) is 0 Å². The SMILES string of the molecule is O=C(C=Cc1ccc(O)cc1)OC[C@H]1O[C@@H](Oc2ccc(/C=C/C(=O)OC[C@H]3O[C@@H](Oc4cc5c(O[C@@H]6O[C@H](CO)[C@@H](O)[C@H](O)[C@H]6O)cc(O)cc5[o+]c4-c4ccc(O)c(O)c4)[C@H](O[C@@H]4O[C@H](COC(=O)C=Cc5ccc(O)cc5)[C@@H](O)[C@H](O)[C@H]4O)[C@@H](O)[C@@H]3O)cc2O)[C@H](O)[C@@H](O)[C@@H]1O. The average molecular weight is 1390 g/mol. The third kappa shape index (κ3) is 17.2. The molecule has 0 saturated carbocycles. The van der Waals surface area contributed by atoms with Gasteiger partial charge in [-0.1, -0.05) is 30.3 Å². The van der Waals surface area contributed by atoms with Gasteiger partial charge in [-0.05, 0) is 83.4 Å². The fourth-order valence-corrected chi connectivity index (χ4v) is 10.6. The number of aliphatic hydroxyl groups is 12. The smallest absolute Gasteiger partial charge is 0.402 e. The molecule has 10 rings (SSSR count). The molecule has 18 N–H and O–H groups in total. The summed E-state index contributed by atoms with van der Waals surface area (Å²) in [6.07, 6.45) is -31.6. The number of phenolic OH excluding ortho intramolecular Hbond substituents is 6. The minimum Gasteiger partial charge on any atom is -0.508 e. The highest BCUT2D eigenvalue weighted by Gasteiger charge is 2.53. The molecule has 5 heterocycles. The van der Waals surface area contributed by atoms with Crippen molar-refractivity contribution < 1.29 is 163 Å². The van der Waals surface area contributed by atoms with Gasteiger partial charge in [0.1, 0.15) is 140 Å². The van der Waals surface area contributed by atoms with Crippen LogP contribution in [0.3, 0.4) is 0 Å². The van der Waals surface area contributed by atoms with Crippen molar-refractivity contribution in [2.75, 3.05) is 26.4 Å². The Kier molecular flexibility index (Phi) is 23.2. The Morgan fingerprint density at radius 2 is 0.838 bits per heavy atom. The molecule has 6 aromatic rings. The molecule has 5 aromatic carbocycles. The number of hydrogen-bond acceptors (Lipinski definition) is 32. The van der Waals surface area contributed by atoms with Crippen LogP contribution >= 0.6 is 0 Å². The first kappa shape index (κ1) is 72.4. The number of fused-ring (bicyclic) bond motifs is 1. The normalized spacial score (nSPS) is 30.3. The van der Waals surface area contributed by atoms with Crippen LogP contribution < -0.4 is 14.2 Å². The van der Waals surface area contributed by atoms with Crippen molar-refractivity contribution in [1.29, 1.82) is 0 Å². The molecule has 0 spiro atoms. The number of benzene rings is 5. The number of aromatic hydroxyl groups is 6. The molecule has 4 aliphatic rings. The lowest BCUT2D eigenvalue weighted by Gasteiger charge is -2.45. The molecule has 33 heteroatoms. The fourth-order valence-electron chi connectivity index (χ4n) is 10.6. The van der Waals surface area contributed by atoms with Gasteiger partial charge in [-0.2, -0.15) is 0 Å². The zero-order valence-electron chi connectivity index (χ0n) is 51.3. The van der Waals surface area contributed by atoms with E-state index in [1.807, 2.05) is 0 Å². The number of phenols is 6. The number of carbonyl (C=O) groups excluding carboxylic acids is 3. The van der Waals surface area contributed by atoms with Gasteiger partial charge in [0.05, 0.1) is 18.2 Å². The summed E-state index contributed by atoms with van der Waals surface area (Å²) in [6, 6.07) is 21.6. The van der Waals surface area contributed by atoms with Crippen molar-refractivity contribution in [2.24, 2.45) is 0 Å². The molecule has 0 bridgehead atoms. The van der Waals surface area contributed by atoms with Crippen LogP contribution in [0.5, 0.6) is 51.7 Å². The number of aliphatic hydroxyl groups excluding tert-OH is 12. The molecule has 1 aromatic heterocycles. The summed E-state index contributed by atoms with van der Waals surface area (Å²) in [5.74, 6) is -7.12. The molecule has 4 aliphatic heterocycles. The van der Waals surface area contributed by atoms with Crippen LogP contribution in [0, 0.1) is 0 Å². The van der Waals surface area contributed by atoms with Crippen molar-refractivity contribution in [2.45, 2.75) is 123 Å². The Morgan fingerprint density at radius 3 is 1.35 bits per heavy atom. The first-order valence-corrected chi connectivity index (χ1v) is 30.2. The number of rotatable bonds is 22. The van der Waals surface area contributed by atoms with Crippen LogP contribution in [-0.2, 0) is 52.3 Å². The summed E-state index contributed by atoms with van der Waals surface area (Å²) >= 11 is 0. The number of esters is 3. The quantitative estimate of drug-likeness (QED) is 0.0124. The maximum absolute atomic E-state index is 13.4. The summed E-state index contributed by atoms with van der Waals surface area (Å²) in [7, 11) is 0. The molecular formula is C66H69O33+. The minimum atomic E-state index is -2.25. The maximum atomic E-state index is 13.4. The molecule has 530 valence electrons. The molecule has 33 nitrogen and oxygen atoms in total. The Balaban J connectivity index is 0.885. The lowest BCUT2D eigenvalue weighted by molar-refractivity contribution is -0.358. The first-order chi connectivity index (χ1) is 47.2. The van der Waals surface area contributed by atoms with E-state index in [-0.39, 0.29) is 39.3 Å². The van der Waals surface area contributed by atoms with Crippen LogP contribution in [0.25, 0.3) is 40.5 Å². The number of ether oxygens (including phenoxy) is 11. The molecular weight excluding hydrogens is 1320 g/mol. The van der Waals surface area contributed by atoms with Gasteiger partial charge in [-0.15, -0.1) is 0 Å². The molecule has 99 heavy (non-hydrogen) atoms. The summed E-state index contributed by atoms with van der Waals surface area (Å²) in [5, 5.41) is 193. The molecule has 4 saturated heterocycles. The van der Waals surface area contributed by atoms with Gasteiger partial charge in [0, 0.05) is 36.4 Å². The van der Waals surface area contributed by atoms with Gasteiger partial charge >= 0.3 is 29.3 Å². The molecule has 0 aliphatic carbocycles. The second-order valence-corrected chi connectivity index (χ2v) is 23.0. The summed E-state index contributed by atoms with van der Waals surface area (Å²) in [6.45, 7) is -3.20. The molecule has 0 amide bonds. The monoisotopic (exact) mass is 1390 g/mol. The van der Waals surface area contributed by atoms with Gasteiger partial charge < -0.3 is 144 Å². The largest absolute Gasteiger partial charge is 0.508 e. The highest BCUT2D eigenvalue weighted by atomic mass is 16.8. The second kappa shape index (κ2) is 31.7. The van der Waals surface area contributed by atoms with Crippen molar-refractivity contribution in [1.82, 2.24) is 0 Å². The van der Waals surface area contributed by atoms with E-state index in [0.717, 1.165) is 60.7 Å². The van der Waals surface area contributed by atoms with E-state index in [1.54, 1.807) is 0 Å². The van der Waals surface area contributed by atoms with E-state index in [1.165, 1.54) is 78.9 Å². The van der Waals surface area contributed by atoms with Gasteiger partial charge in [0.15, 0.2) is 35.4 Å². The van der Waals surface area contributed by atoms with E-state index in [0.29, 0.717) is 11.1 Å². The van der Waals surface area contributed by atoms with E-state index >= 15 is 0 Å². The van der Waals surface area contributed by atoms with Crippen LogP contribution in [0.4, 0.5) is 0 Å². The van der Waals surface area contributed by atoms with E-state index in [9.17, 15) is 106 Å². The van der Waals surface area contributed by atoms with Gasteiger partial charge in [-0.3, -0.25) is 0 Å². The highest BCUT2D eigenvalue weighted by molar-refractivity contribution is 5.90. The Bertz CT molecular complexity index is 3880. The molecule has 4 fully saturated rings. The summed E-state index contributed by atoms with van der Waals surface area (Å²) < 4.78 is 69.3. The molecule has 0 radical (unpaired) electrons. The van der Waals surface area contributed by atoms with Crippen molar-refractivity contribution in [3.63, 3.8) is 0 Å². The maximum Gasteiger partial charge on any atom is 0.402 e. The second-order valence-electron chi connectivity index (χ2n) is 23.0. The predicted molar refractivity (Wildman–Crippen MR) is 330 cm³/mol. The van der Waals surface area contributed by atoms with Gasteiger partial charge in [-0.25, -0.2) is 18.8 Å². The minimum absolute atomic E-state index is 0.00427. The van der Waals surface area contributed by atoms with E-state index in [4.69, 9.17) is 56.5 Å². The third-order valence-electron chi connectivity index (χ3n) is 16.1. The standard InChI is InChI=1S/C66H68O33/c67-24-43-50(77)54(81)58(85)64(95-43)93-41-22-34(70)21-40-35(41)23-42(61(91-40)31-9-14-36(71)37(72)20-31)94-66-62(99-65-60(87)56(83)52(79)45(97-65)26-89-48(75)17-7-29-3-12-33(69)13-4-29)57(84)53(80)46(98-66)27-90-49(76)18-8-30-5-15-39(38(73)19-30)92-63-59(86)55(82)51(78)44(96-63)25-88-47(74)16-6-28-1-10-32(68)11-2-28/h1-23,43-46,50-60,62-67,77-87H,24-27H2,(H5-,68,69,70,71,72,73,74,75)/p+1/b18-8+/t43-,44-,45-,46-,50-,51-,52-,53-,54+,55+,56+,57+,58-,59-,60-,62-,63-,64-,65+,66-/m1/s1. The van der Waals surface area contributed by atoms with Crippen LogP contribution in [0.15, 0.2) is 126 Å². The van der Waals surface area contributed by atoms with Gasteiger partial charge in [0.25, 0.3) is 0 Å². The Morgan fingerprint density at radius 1 is 0.394 bits per heavy atom.